The SMILES string of the molecule is C.C.C.C.C.C.C.C.O=C(CCN1CCNCC1)OCOC(=O)CCN1CCN(CCC(=O)OCC(=O)OCC(=O)OCCOC(=O)COC(=O)COC(=O)CCN2CCN(CCC(=O)OCOC(=O)CCN3CCNCC3)CC2)CC1.[V]. The van der Waals surface area contributed by atoms with E-state index in [-0.39, 0.29) is 116 Å². The van der Waals surface area contributed by atoms with Gasteiger partial charge in [0.05, 0.1) is 38.5 Å². The molecular weight excluding hydrogens is 1130 g/mol. The predicted octanol–water partition coefficient (Wildman–Crippen LogP) is 0.806. The molecule has 4 fully saturated rings. The molecule has 1 radical (unpaired) electrons. The van der Waals surface area contributed by atoms with Crippen molar-refractivity contribution in [3.63, 3.8) is 0 Å². The molecule has 0 spiro atoms. The van der Waals surface area contributed by atoms with Gasteiger partial charge in [-0.25, -0.2) is 19.2 Å². The van der Waals surface area contributed by atoms with Gasteiger partial charge in [0, 0.05) is 163 Å². The first-order valence-electron chi connectivity index (χ1n) is 25.1. The maximum atomic E-state index is 12.2. The van der Waals surface area contributed by atoms with Crippen molar-refractivity contribution in [3.8, 4) is 0 Å². The number of hydrogen-bond donors (Lipinski definition) is 2. The number of hydrogen-bond acceptors (Lipinski definition) is 28. The van der Waals surface area contributed by atoms with Crippen molar-refractivity contribution in [1.82, 2.24) is 40.0 Å². The molecule has 0 aromatic carbocycles. The topological polar surface area (TPSA) is 306 Å². The zero-order valence-electron chi connectivity index (χ0n) is 42.8. The molecule has 0 aromatic rings. The van der Waals surface area contributed by atoms with Crippen LogP contribution in [0.15, 0.2) is 0 Å². The van der Waals surface area contributed by atoms with Crippen molar-refractivity contribution < 1.29 is 114 Å². The Hall–Kier alpha value is -5.04. The summed E-state index contributed by atoms with van der Waals surface area (Å²) in [6.45, 7) is 10.5. The molecule has 0 saturated carbocycles. The fourth-order valence-electron chi connectivity index (χ4n) is 7.63. The van der Waals surface area contributed by atoms with Crippen LogP contribution in [0.4, 0.5) is 0 Å². The van der Waals surface area contributed by atoms with Crippen LogP contribution in [0.2, 0.25) is 0 Å². The fraction of sp³-hybridized carbons (Fsp3) is 0.815. The van der Waals surface area contributed by atoms with Crippen molar-refractivity contribution in [3.05, 3.63) is 0 Å². The minimum Gasteiger partial charge on any atom is -0.460 e. The summed E-state index contributed by atoms with van der Waals surface area (Å²) in [4.78, 5) is 133. The van der Waals surface area contributed by atoms with Gasteiger partial charge in [-0.2, -0.15) is 0 Å². The van der Waals surface area contributed by atoms with Crippen molar-refractivity contribution >= 4 is 59.7 Å². The summed E-state index contributed by atoms with van der Waals surface area (Å²) >= 11 is 0. The number of rotatable bonds is 33. The molecule has 4 rings (SSSR count). The molecule has 2 N–H and O–H groups in total. The van der Waals surface area contributed by atoms with E-state index in [1.54, 1.807) is 0 Å². The van der Waals surface area contributed by atoms with E-state index in [1.165, 1.54) is 0 Å². The minimum atomic E-state index is -0.981. The van der Waals surface area contributed by atoms with E-state index in [0.29, 0.717) is 91.6 Å². The Bertz CT molecular complexity index is 1670. The molecular formula is C54H106N8O20V. The van der Waals surface area contributed by atoms with E-state index in [9.17, 15) is 47.9 Å². The second kappa shape index (κ2) is 53.7. The molecule has 0 amide bonds. The third kappa shape index (κ3) is 43.3. The standard InChI is InChI=1S/C46H74N8O20.8CH4.V/c55-37(1-13-51-21-25-53(26-22-51)15-5-41(59)73-35-71-39(57)3-11-49-17-7-47-8-18-49)67-33-45(63)69-31-43(61)65-29-30-66-44(62)32-70-46(64)34-68-38(56)2-14-52-23-27-54(28-24-52)16-6-42(60)74-36-72-40(58)4-12-50-19-9-48-10-20-50;;;;;;;;;/h47-48H,1-36H2;8*1H4;. The summed E-state index contributed by atoms with van der Waals surface area (Å²) in [5.74, 6) is -6.94. The van der Waals surface area contributed by atoms with Gasteiger partial charge in [0.1, 0.15) is 13.2 Å². The van der Waals surface area contributed by atoms with Crippen molar-refractivity contribution in [2.24, 2.45) is 0 Å². The Kier molecular flexibility index (Phi) is 57.7. The van der Waals surface area contributed by atoms with E-state index in [1.807, 2.05) is 9.80 Å². The molecule has 4 aliphatic heterocycles. The largest absolute Gasteiger partial charge is 0.460 e. The number of esters is 10. The van der Waals surface area contributed by atoms with E-state index in [0.717, 1.165) is 52.4 Å². The normalized spacial score (nSPS) is 15.4. The first-order chi connectivity index (χ1) is 35.8. The zero-order chi connectivity index (χ0) is 53.2. The number of carbonyl (C=O) groups excluding carboxylic acids is 10. The van der Waals surface area contributed by atoms with Gasteiger partial charge in [-0.05, 0) is 0 Å². The fourth-order valence-corrected chi connectivity index (χ4v) is 7.63. The first kappa shape index (κ1) is 89.2. The maximum Gasteiger partial charge on any atom is 0.344 e. The van der Waals surface area contributed by atoms with Crippen molar-refractivity contribution in [1.29, 1.82) is 0 Å². The van der Waals surface area contributed by atoms with Gasteiger partial charge in [-0.1, -0.05) is 59.4 Å². The molecule has 4 heterocycles. The Labute approximate surface area is 507 Å². The van der Waals surface area contributed by atoms with Gasteiger partial charge in [-0.15, -0.1) is 0 Å². The van der Waals surface area contributed by atoms with Crippen LogP contribution in [-0.2, 0) is 114 Å². The smallest absolute Gasteiger partial charge is 0.344 e. The Morgan fingerprint density at radius 2 is 0.434 bits per heavy atom. The van der Waals surface area contributed by atoms with Crippen LogP contribution < -0.4 is 10.6 Å². The van der Waals surface area contributed by atoms with Crippen LogP contribution in [-0.4, -0.2) is 286 Å². The Morgan fingerprint density at radius 3 is 0.663 bits per heavy atom. The van der Waals surface area contributed by atoms with Crippen LogP contribution in [0.5, 0.6) is 0 Å². The monoisotopic (exact) mass is 1240 g/mol. The third-order valence-corrected chi connectivity index (χ3v) is 12.0. The molecule has 0 bridgehead atoms. The molecule has 0 aromatic heterocycles. The van der Waals surface area contributed by atoms with Crippen LogP contribution in [0.1, 0.15) is 97.9 Å². The van der Waals surface area contributed by atoms with Crippen LogP contribution in [0.25, 0.3) is 0 Å². The third-order valence-electron chi connectivity index (χ3n) is 12.0. The number of piperazine rings is 4. The molecule has 4 aliphatic rings. The molecule has 0 unspecified atom stereocenters. The molecule has 0 atom stereocenters. The Morgan fingerprint density at radius 1 is 0.253 bits per heavy atom. The van der Waals surface area contributed by atoms with Gasteiger partial charge in [0.25, 0.3) is 0 Å². The molecule has 487 valence electrons. The maximum absolute atomic E-state index is 12.2. The summed E-state index contributed by atoms with van der Waals surface area (Å²) in [6, 6.07) is 0. The average Bonchev–Trinajstić information content (AvgIpc) is 3.41. The zero-order valence-corrected chi connectivity index (χ0v) is 44.1. The summed E-state index contributed by atoms with van der Waals surface area (Å²) in [5.41, 5.74) is 0. The number of carbonyl (C=O) groups is 10. The number of nitrogens with zero attached hydrogens (tertiary/aromatic N) is 6. The van der Waals surface area contributed by atoms with Gasteiger partial charge in [0.2, 0.25) is 13.6 Å². The van der Waals surface area contributed by atoms with Crippen LogP contribution in [0.3, 0.4) is 0 Å². The van der Waals surface area contributed by atoms with Crippen LogP contribution in [0, 0.1) is 0 Å². The summed E-state index contributed by atoms with van der Waals surface area (Å²) in [6.07, 6.45) is 0.755. The van der Waals surface area contributed by atoms with E-state index < -0.39 is 113 Å². The average molecular weight is 1240 g/mol. The summed E-state index contributed by atoms with van der Waals surface area (Å²) < 4.78 is 49.1. The van der Waals surface area contributed by atoms with Gasteiger partial charge < -0.3 is 87.4 Å². The van der Waals surface area contributed by atoms with E-state index >= 15 is 0 Å². The van der Waals surface area contributed by atoms with E-state index in [2.05, 4.69) is 30.2 Å². The minimum absolute atomic E-state index is 0. The van der Waals surface area contributed by atoms with Crippen LogP contribution >= 0.6 is 0 Å². The molecule has 0 aliphatic carbocycles. The number of nitrogens with one attached hydrogen (secondary N) is 2. The molecule has 28 nitrogen and oxygen atoms in total. The second-order valence-corrected chi connectivity index (χ2v) is 17.4. The molecule has 83 heavy (non-hydrogen) atoms. The Balaban J connectivity index is -0.00000165. The molecule has 29 heteroatoms. The van der Waals surface area contributed by atoms with Crippen molar-refractivity contribution in [2.45, 2.75) is 97.9 Å². The first-order valence-corrected chi connectivity index (χ1v) is 25.1. The second-order valence-electron chi connectivity index (χ2n) is 17.4. The van der Waals surface area contributed by atoms with E-state index in [4.69, 9.17) is 47.4 Å². The summed E-state index contributed by atoms with van der Waals surface area (Å²) in [7, 11) is 0. The van der Waals surface area contributed by atoms with Gasteiger partial charge >= 0.3 is 59.7 Å². The van der Waals surface area contributed by atoms with Gasteiger partial charge in [-0.3, -0.25) is 28.8 Å². The van der Waals surface area contributed by atoms with Crippen molar-refractivity contribution in [2.75, 3.05) is 197 Å². The van der Waals surface area contributed by atoms with Gasteiger partial charge in [0.15, 0.2) is 26.4 Å². The quantitative estimate of drug-likeness (QED) is 0.0397. The molecule has 4 saturated heterocycles. The number of ether oxygens (including phenoxy) is 10. The predicted molar refractivity (Wildman–Crippen MR) is 306 cm³/mol. The summed E-state index contributed by atoms with van der Waals surface area (Å²) in [5, 5.41) is 6.49.